The number of carbonyl (C=O) groups is 2. The van der Waals surface area contributed by atoms with Crippen molar-refractivity contribution in [3.63, 3.8) is 0 Å². The lowest BCUT2D eigenvalue weighted by Crippen LogP contribution is -2.34. The third-order valence-electron chi connectivity index (χ3n) is 7.72. The summed E-state index contributed by atoms with van der Waals surface area (Å²) < 4.78 is 28.4. The zero-order chi connectivity index (χ0) is 33.4. The number of aliphatic hydroxyl groups excluding tert-OH is 1. The van der Waals surface area contributed by atoms with Gasteiger partial charge in [-0.25, -0.2) is 0 Å². The Kier molecular flexibility index (Phi) is 15.1. The minimum absolute atomic E-state index is 0.149. The highest BCUT2D eigenvalue weighted by Crippen LogP contribution is 2.23. The fourth-order valence-electron chi connectivity index (χ4n) is 4.73. The first kappa shape index (κ1) is 36.6. The van der Waals surface area contributed by atoms with Crippen molar-refractivity contribution >= 4 is 11.6 Å². The second-order valence-electron chi connectivity index (χ2n) is 11.9. The molecule has 248 valence electrons. The Morgan fingerprint density at radius 3 is 1.91 bits per heavy atom. The average Bonchev–Trinajstić information content (AvgIpc) is 3.06. The highest BCUT2D eigenvalue weighted by molar-refractivity contribution is 6.02. The monoisotopic (exact) mass is 632 g/mol. The van der Waals surface area contributed by atoms with Crippen LogP contribution >= 0.6 is 0 Å². The van der Waals surface area contributed by atoms with E-state index in [1.807, 2.05) is 85.8 Å². The number of hydrogen-bond acceptors (Lipinski definition) is 8. The molecule has 0 fully saturated rings. The Morgan fingerprint density at radius 1 is 0.783 bits per heavy atom. The van der Waals surface area contributed by atoms with Gasteiger partial charge in [-0.3, -0.25) is 9.59 Å². The Bertz CT molecular complexity index is 1350. The molecule has 0 aromatic heterocycles. The summed E-state index contributed by atoms with van der Waals surface area (Å²) >= 11 is 0. The summed E-state index contributed by atoms with van der Waals surface area (Å²) in [4.78, 5) is 25.9. The molecular weight excluding hydrogens is 584 g/mol. The molecular formula is C38H48O8. The molecule has 3 rings (SSSR count). The third kappa shape index (κ3) is 12.9. The Hall–Kier alpha value is -3.82. The van der Waals surface area contributed by atoms with E-state index >= 15 is 0 Å². The molecule has 3 aromatic rings. The van der Waals surface area contributed by atoms with Gasteiger partial charge in [0.1, 0.15) is 23.1 Å². The van der Waals surface area contributed by atoms with Crippen molar-refractivity contribution in [3.05, 3.63) is 108 Å². The molecule has 0 bridgehead atoms. The van der Waals surface area contributed by atoms with Crippen molar-refractivity contribution in [2.45, 2.75) is 78.2 Å². The first-order valence-electron chi connectivity index (χ1n) is 15.6. The minimum atomic E-state index is -0.992. The number of allylic oxidation sites excluding steroid dienone is 1. The van der Waals surface area contributed by atoms with Crippen LogP contribution in [-0.4, -0.2) is 55.8 Å². The predicted molar refractivity (Wildman–Crippen MR) is 178 cm³/mol. The van der Waals surface area contributed by atoms with Gasteiger partial charge in [-0.2, -0.15) is 0 Å². The summed E-state index contributed by atoms with van der Waals surface area (Å²) in [5, 5.41) is 10.9. The van der Waals surface area contributed by atoms with Gasteiger partial charge < -0.3 is 28.8 Å². The molecule has 0 amide bonds. The topological polar surface area (TPSA) is 101 Å². The van der Waals surface area contributed by atoms with Crippen molar-refractivity contribution in [1.29, 1.82) is 0 Å². The standard InChI is InChI=1S/C38H48O8/c1-28(45-26-29-10-7-6-8-11-29)36(46-27-31-14-18-35(43-5)19-15-31)23-32(39)22-33(40)24-37(41)38(2,3)20-9-21-44-25-30-12-16-34(42-4)17-13-30/h6-20,28,32,36,39H,21-27H2,1-5H3/t28-,32+,36-/m1/s1. The Labute approximate surface area is 273 Å². The predicted octanol–water partition coefficient (Wildman–Crippen LogP) is 6.66. The molecule has 0 saturated heterocycles. The largest absolute Gasteiger partial charge is 0.497 e. The van der Waals surface area contributed by atoms with Crippen LogP contribution in [0.25, 0.3) is 0 Å². The van der Waals surface area contributed by atoms with E-state index in [9.17, 15) is 14.7 Å². The van der Waals surface area contributed by atoms with Crippen LogP contribution in [0.3, 0.4) is 0 Å². The van der Waals surface area contributed by atoms with Gasteiger partial charge in [0.25, 0.3) is 0 Å². The van der Waals surface area contributed by atoms with Gasteiger partial charge in [0.15, 0.2) is 0 Å². The number of hydrogen-bond donors (Lipinski definition) is 1. The SMILES string of the molecule is COc1ccc(COCC=CC(C)(C)C(=O)CC(=O)C[C@H](O)C[C@@H](OCc2ccc(OC)cc2)[C@@H](C)OCc2ccccc2)cc1. The smallest absolute Gasteiger partial charge is 0.149 e. The maximum absolute atomic E-state index is 13.0. The van der Waals surface area contributed by atoms with Gasteiger partial charge in [-0.05, 0) is 61.7 Å². The maximum Gasteiger partial charge on any atom is 0.149 e. The van der Waals surface area contributed by atoms with E-state index in [1.54, 1.807) is 40.2 Å². The lowest BCUT2D eigenvalue weighted by Gasteiger charge is -2.27. The molecule has 0 radical (unpaired) electrons. The normalized spacial score (nSPS) is 13.7. The van der Waals surface area contributed by atoms with E-state index in [4.69, 9.17) is 23.7 Å². The zero-order valence-electron chi connectivity index (χ0n) is 27.6. The van der Waals surface area contributed by atoms with Crippen LogP contribution in [0.2, 0.25) is 0 Å². The fourth-order valence-corrected chi connectivity index (χ4v) is 4.73. The number of ether oxygens (including phenoxy) is 5. The fraction of sp³-hybridized carbons (Fsp3) is 0.421. The Balaban J connectivity index is 1.49. The first-order chi connectivity index (χ1) is 22.1. The van der Waals surface area contributed by atoms with Crippen molar-refractivity contribution < 1.29 is 38.4 Å². The molecule has 0 aliphatic rings. The molecule has 8 heteroatoms. The van der Waals surface area contributed by atoms with E-state index < -0.39 is 17.6 Å². The van der Waals surface area contributed by atoms with Crippen LogP contribution in [0, 0.1) is 5.41 Å². The van der Waals surface area contributed by atoms with E-state index in [-0.39, 0.29) is 36.9 Å². The first-order valence-corrected chi connectivity index (χ1v) is 15.6. The van der Waals surface area contributed by atoms with E-state index in [1.165, 1.54) is 0 Å². The van der Waals surface area contributed by atoms with Gasteiger partial charge in [0.05, 0.1) is 65.4 Å². The summed E-state index contributed by atoms with van der Waals surface area (Å²) in [5.74, 6) is 0.996. The molecule has 8 nitrogen and oxygen atoms in total. The summed E-state index contributed by atoms with van der Waals surface area (Å²) in [6.07, 6.45) is 1.49. The molecule has 1 N–H and O–H groups in total. The quantitative estimate of drug-likeness (QED) is 0.0791. The molecule has 0 saturated carbocycles. The second-order valence-corrected chi connectivity index (χ2v) is 11.9. The molecule has 0 aliphatic carbocycles. The van der Waals surface area contributed by atoms with Gasteiger partial charge >= 0.3 is 0 Å². The molecule has 0 heterocycles. The number of ketones is 2. The van der Waals surface area contributed by atoms with E-state index in [0.29, 0.717) is 26.4 Å². The highest BCUT2D eigenvalue weighted by atomic mass is 16.5. The average molecular weight is 633 g/mol. The number of Topliss-reactive ketones (excluding diaryl/α,β-unsaturated/α-hetero) is 2. The van der Waals surface area contributed by atoms with Crippen LogP contribution in [0.5, 0.6) is 11.5 Å². The zero-order valence-corrected chi connectivity index (χ0v) is 27.6. The number of carbonyl (C=O) groups excluding carboxylic acids is 2. The lowest BCUT2D eigenvalue weighted by molar-refractivity contribution is -0.132. The van der Waals surface area contributed by atoms with E-state index in [2.05, 4.69) is 0 Å². The number of benzene rings is 3. The van der Waals surface area contributed by atoms with Crippen molar-refractivity contribution in [2.24, 2.45) is 5.41 Å². The summed E-state index contributed by atoms with van der Waals surface area (Å²) in [6.45, 7) is 6.90. The van der Waals surface area contributed by atoms with Gasteiger partial charge in [-0.1, -0.05) is 66.7 Å². The van der Waals surface area contributed by atoms with Gasteiger partial charge in [0.2, 0.25) is 0 Å². The summed E-state index contributed by atoms with van der Waals surface area (Å²) in [5.41, 5.74) is 2.13. The third-order valence-corrected chi connectivity index (χ3v) is 7.72. The lowest BCUT2D eigenvalue weighted by atomic mass is 9.84. The minimum Gasteiger partial charge on any atom is -0.497 e. The van der Waals surface area contributed by atoms with Crippen molar-refractivity contribution in [1.82, 2.24) is 0 Å². The second kappa shape index (κ2) is 19.0. The molecule has 0 spiro atoms. The van der Waals surface area contributed by atoms with Crippen LogP contribution in [-0.2, 0) is 43.6 Å². The van der Waals surface area contributed by atoms with Crippen LogP contribution in [0.4, 0.5) is 0 Å². The van der Waals surface area contributed by atoms with Crippen LogP contribution < -0.4 is 9.47 Å². The van der Waals surface area contributed by atoms with Crippen LogP contribution in [0.15, 0.2) is 91.0 Å². The molecule has 46 heavy (non-hydrogen) atoms. The van der Waals surface area contributed by atoms with Crippen LogP contribution in [0.1, 0.15) is 56.7 Å². The summed E-state index contributed by atoms with van der Waals surface area (Å²) in [6, 6.07) is 25.0. The van der Waals surface area contributed by atoms with Crippen molar-refractivity contribution in [3.8, 4) is 11.5 Å². The van der Waals surface area contributed by atoms with Gasteiger partial charge in [-0.15, -0.1) is 0 Å². The summed E-state index contributed by atoms with van der Waals surface area (Å²) in [7, 11) is 3.24. The van der Waals surface area contributed by atoms with Gasteiger partial charge in [0, 0.05) is 18.3 Å². The molecule has 0 unspecified atom stereocenters. The van der Waals surface area contributed by atoms with Crippen molar-refractivity contribution in [2.75, 3.05) is 20.8 Å². The Morgan fingerprint density at radius 2 is 1.33 bits per heavy atom. The number of methoxy groups -OCH3 is 2. The maximum atomic E-state index is 13.0. The molecule has 3 aromatic carbocycles. The molecule has 3 atom stereocenters. The number of aliphatic hydroxyl groups is 1. The van der Waals surface area contributed by atoms with E-state index in [0.717, 1.165) is 28.2 Å². The highest BCUT2D eigenvalue weighted by Gasteiger charge is 2.29. The number of rotatable bonds is 21. The molecule has 0 aliphatic heterocycles.